The van der Waals surface area contributed by atoms with Crippen LogP contribution in [0, 0.1) is 0 Å². The number of piperazine rings is 1. The molecular formula is C15H23N3. The van der Waals surface area contributed by atoms with E-state index in [9.17, 15) is 0 Å². The van der Waals surface area contributed by atoms with Gasteiger partial charge < -0.3 is 10.6 Å². The van der Waals surface area contributed by atoms with Crippen LogP contribution in [-0.4, -0.2) is 37.1 Å². The van der Waals surface area contributed by atoms with Crippen LogP contribution < -0.4 is 10.6 Å². The first-order valence-corrected chi connectivity index (χ1v) is 7.15. The van der Waals surface area contributed by atoms with Crippen molar-refractivity contribution in [1.82, 2.24) is 4.90 Å². The van der Waals surface area contributed by atoms with Crippen molar-refractivity contribution in [2.45, 2.75) is 32.2 Å². The fourth-order valence-corrected chi connectivity index (χ4v) is 3.32. The van der Waals surface area contributed by atoms with Crippen molar-refractivity contribution >= 4 is 11.4 Å². The molecule has 1 aromatic rings. The molecule has 18 heavy (non-hydrogen) atoms. The van der Waals surface area contributed by atoms with Gasteiger partial charge in [0.15, 0.2) is 0 Å². The Bertz CT molecular complexity index is 430. The van der Waals surface area contributed by atoms with Crippen LogP contribution in [0.3, 0.4) is 0 Å². The monoisotopic (exact) mass is 245 g/mol. The van der Waals surface area contributed by atoms with Crippen molar-refractivity contribution in [3.63, 3.8) is 0 Å². The van der Waals surface area contributed by atoms with E-state index in [0.29, 0.717) is 0 Å². The lowest BCUT2D eigenvalue weighted by Gasteiger charge is -2.39. The van der Waals surface area contributed by atoms with Gasteiger partial charge in [-0.3, -0.25) is 4.90 Å². The number of fused-ring (bicyclic) bond motifs is 1. The van der Waals surface area contributed by atoms with Crippen LogP contribution in [0.4, 0.5) is 11.4 Å². The smallest absolute Gasteiger partial charge is 0.0371 e. The maximum Gasteiger partial charge on any atom is 0.0371 e. The summed E-state index contributed by atoms with van der Waals surface area (Å²) >= 11 is 0. The number of rotatable bonds is 2. The molecule has 2 fully saturated rings. The minimum atomic E-state index is 0.779. The number of aryl methyl sites for hydroxylation is 1. The van der Waals surface area contributed by atoms with E-state index in [1.54, 1.807) is 0 Å². The summed E-state index contributed by atoms with van der Waals surface area (Å²) in [5.41, 5.74) is 9.55. The number of hydrogen-bond acceptors (Lipinski definition) is 3. The van der Waals surface area contributed by atoms with Gasteiger partial charge in [-0.05, 0) is 49.6 Å². The molecular weight excluding hydrogens is 222 g/mol. The third-order valence-electron chi connectivity index (χ3n) is 4.46. The molecule has 2 N–H and O–H groups in total. The number of benzene rings is 1. The quantitative estimate of drug-likeness (QED) is 0.810. The normalized spacial score (nSPS) is 24.3. The maximum absolute atomic E-state index is 5.99. The van der Waals surface area contributed by atoms with E-state index in [4.69, 9.17) is 5.73 Å². The van der Waals surface area contributed by atoms with Gasteiger partial charge in [0.05, 0.1) is 0 Å². The highest BCUT2D eigenvalue weighted by Crippen LogP contribution is 2.27. The standard InChI is InChI=1S/C15H23N3/c1-2-12-10-13(5-6-15(12)16)18-9-8-17-7-3-4-14(17)11-18/h5-6,10,14H,2-4,7-9,11,16H2,1H3/t14-/m0/s1. The summed E-state index contributed by atoms with van der Waals surface area (Å²) in [7, 11) is 0. The highest BCUT2D eigenvalue weighted by molar-refractivity contribution is 5.58. The lowest BCUT2D eigenvalue weighted by Crippen LogP contribution is -2.50. The second kappa shape index (κ2) is 4.81. The number of nitrogens with zero attached hydrogens (tertiary/aromatic N) is 2. The minimum Gasteiger partial charge on any atom is -0.399 e. The summed E-state index contributed by atoms with van der Waals surface area (Å²) in [5.74, 6) is 0. The SMILES string of the molecule is CCc1cc(N2CCN3CCC[C@H]3C2)ccc1N. The Morgan fingerprint density at radius 1 is 1.28 bits per heavy atom. The lowest BCUT2D eigenvalue weighted by molar-refractivity contribution is 0.231. The fraction of sp³-hybridized carbons (Fsp3) is 0.600. The molecule has 1 atom stereocenters. The van der Waals surface area contributed by atoms with Crippen LogP contribution in [0.25, 0.3) is 0 Å². The van der Waals surface area contributed by atoms with Crippen molar-refractivity contribution in [2.75, 3.05) is 36.8 Å². The Kier molecular flexibility index (Phi) is 3.16. The van der Waals surface area contributed by atoms with Crippen LogP contribution >= 0.6 is 0 Å². The third-order valence-corrected chi connectivity index (χ3v) is 4.46. The number of anilines is 2. The second-order valence-corrected chi connectivity index (χ2v) is 5.51. The van der Waals surface area contributed by atoms with Gasteiger partial charge in [0.25, 0.3) is 0 Å². The number of nitrogens with two attached hydrogens (primary N) is 1. The molecule has 0 unspecified atom stereocenters. The van der Waals surface area contributed by atoms with Crippen LogP contribution in [-0.2, 0) is 6.42 Å². The largest absolute Gasteiger partial charge is 0.399 e. The first-order valence-electron chi connectivity index (χ1n) is 7.15. The van der Waals surface area contributed by atoms with E-state index < -0.39 is 0 Å². The molecule has 0 saturated carbocycles. The van der Waals surface area contributed by atoms with Crippen molar-refractivity contribution in [1.29, 1.82) is 0 Å². The van der Waals surface area contributed by atoms with Gasteiger partial charge in [0.1, 0.15) is 0 Å². The molecule has 0 radical (unpaired) electrons. The Hall–Kier alpha value is -1.22. The summed E-state index contributed by atoms with van der Waals surface area (Å²) in [6.07, 6.45) is 3.76. The molecule has 3 nitrogen and oxygen atoms in total. The van der Waals surface area contributed by atoms with Crippen molar-refractivity contribution in [2.24, 2.45) is 0 Å². The summed E-state index contributed by atoms with van der Waals surface area (Å²) in [6, 6.07) is 7.30. The molecule has 0 spiro atoms. The van der Waals surface area contributed by atoms with Gasteiger partial charge in [0.2, 0.25) is 0 Å². The highest BCUT2D eigenvalue weighted by Gasteiger charge is 2.30. The van der Waals surface area contributed by atoms with E-state index in [2.05, 4.69) is 34.9 Å². The summed E-state index contributed by atoms with van der Waals surface area (Å²) in [6.45, 7) is 7.04. The Morgan fingerprint density at radius 2 is 2.17 bits per heavy atom. The Labute approximate surface area is 110 Å². The molecule has 1 aromatic carbocycles. The van der Waals surface area contributed by atoms with Gasteiger partial charge in [-0.1, -0.05) is 6.92 Å². The van der Waals surface area contributed by atoms with Crippen LogP contribution in [0.15, 0.2) is 18.2 Å². The average molecular weight is 245 g/mol. The summed E-state index contributed by atoms with van der Waals surface area (Å²) in [5, 5.41) is 0. The van der Waals surface area contributed by atoms with E-state index in [-0.39, 0.29) is 0 Å². The van der Waals surface area contributed by atoms with Crippen LogP contribution in [0.5, 0.6) is 0 Å². The zero-order valence-corrected chi connectivity index (χ0v) is 11.2. The van der Waals surface area contributed by atoms with Crippen LogP contribution in [0.2, 0.25) is 0 Å². The molecule has 2 heterocycles. The summed E-state index contributed by atoms with van der Waals surface area (Å²) in [4.78, 5) is 5.18. The van der Waals surface area contributed by atoms with Gasteiger partial charge in [0, 0.05) is 37.1 Å². The molecule has 3 heteroatoms. The Balaban J connectivity index is 1.78. The summed E-state index contributed by atoms with van der Waals surface area (Å²) < 4.78 is 0. The molecule has 0 aromatic heterocycles. The first kappa shape index (κ1) is 11.8. The van der Waals surface area contributed by atoms with E-state index in [1.807, 2.05) is 0 Å². The predicted octanol–water partition coefficient (Wildman–Crippen LogP) is 2.12. The molecule has 0 amide bonds. The lowest BCUT2D eigenvalue weighted by atomic mass is 10.1. The fourth-order valence-electron chi connectivity index (χ4n) is 3.32. The van der Waals surface area contributed by atoms with Crippen molar-refractivity contribution < 1.29 is 0 Å². The van der Waals surface area contributed by atoms with Crippen molar-refractivity contribution in [3.05, 3.63) is 23.8 Å². The minimum absolute atomic E-state index is 0.779. The zero-order valence-electron chi connectivity index (χ0n) is 11.2. The van der Waals surface area contributed by atoms with E-state index >= 15 is 0 Å². The van der Waals surface area contributed by atoms with Crippen LogP contribution in [0.1, 0.15) is 25.3 Å². The number of hydrogen-bond donors (Lipinski definition) is 1. The van der Waals surface area contributed by atoms with E-state index in [0.717, 1.165) is 24.7 Å². The molecule has 98 valence electrons. The van der Waals surface area contributed by atoms with E-state index in [1.165, 1.54) is 43.7 Å². The van der Waals surface area contributed by atoms with Gasteiger partial charge in [-0.15, -0.1) is 0 Å². The predicted molar refractivity (Wildman–Crippen MR) is 77.0 cm³/mol. The first-order chi connectivity index (χ1) is 8.78. The molecule has 2 aliphatic heterocycles. The van der Waals surface area contributed by atoms with Gasteiger partial charge in [-0.2, -0.15) is 0 Å². The average Bonchev–Trinajstić information content (AvgIpc) is 2.86. The Morgan fingerprint density at radius 3 is 3.00 bits per heavy atom. The zero-order chi connectivity index (χ0) is 12.5. The maximum atomic E-state index is 5.99. The molecule has 3 rings (SSSR count). The molecule has 2 aliphatic rings. The van der Waals surface area contributed by atoms with Gasteiger partial charge >= 0.3 is 0 Å². The molecule has 0 bridgehead atoms. The second-order valence-electron chi connectivity index (χ2n) is 5.51. The third kappa shape index (κ3) is 2.07. The van der Waals surface area contributed by atoms with Gasteiger partial charge in [-0.25, -0.2) is 0 Å². The molecule has 0 aliphatic carbocycles. The topological polar surface area (TPSA) is 32.5 Å². The molecule has 2 saturated heterocycles. The number of nitrogen functional groups attached to an aromatic ring is 1. The highest BCUT2D eigenvalue weighted by atomic mass is 15.3. The van der Waals surface area contributed by atoms with Crippen molar-refractivity contribution in [3.8, 4) is 0 Å².